The van der Waals surface area contributed by atoms with Gasteiger partial charge in [-0.3, -0.25) is 4.90 Å². The second-order valence-corrected chi connectivity index (χ2v) is 6.99. The van der Waals surface area contributed by atoms with Crippen LogP contribution in [0.4, 0.5) is 4.79 Å². The number of carbonyl (C=O) groups excluding carboxylic acids is 1. The minimum Gasteiger partial charge on any atom is -0.468 e. The van der Waals surface area contributed by atoms with Gasteiger partial charge in [0, 0.05) is 23.6 Å². The third kappa shape index (κ3) is 2.61. The summed E-state index contributed by atoms with van der Waals surface area (Å²) in [5.74, 6) is 0.794. The Labute approximate surface area is 146 Å². The standard InChI is InChI=1S/C19H19ClN2O2/c1-19-12-16(15-11-14(20)7-8-17(15)24-19)21-18(23)22(19)10-9-13-5-3-2-4-6-13/h2-8,11,16H,9-10,12H2,1H3,(H,21,23)/t16-,19-/m1/s1. The molecule has 0 aromatic heterocycles. The van der Waals surface area contributed by atoms with E-state index in [1.165, 1.54) is 5.56 Å². The number of rotatable bonds is 3. The monoisotopic (exact) mass is 342 g/mol. The Kier molecular flexibility index (Phi) is 3.65. The van der Waals surface area contributed by atoms with Gasteiger partial charge in [-0.2, -0.15) is 0 Å². The molecule has 2 heterocycles. The van der Waals surface area contributed by atoms with Gasteiger partial charge >= 0.3 is 6.03 Å². The van der Waals surface area contributed by atoms with Crippen molar-refractivity contribution in [1.82, 2.24) is 10.2 Å². The molecule has 4 nitrogen and oxygen atoms in total. The van der Waals surface area contributed by atoms with Crippen molar-refractivity contribution in [2.45, 2.75) is 31.5 Å². The molecule has 0 aliphatic carbocycles. The Bertz CT molecular complexity index is 780. The summed E-state index contributed by atoms with van der Waals surface area (Å²) < 4.78 is 6.22. The molecule has 1 saturated heterocycles. The van der Waals surface area contributed by atoms with Crippen molar-refractivity contribution in [3.05, 3.63) is 64.7 Å². The number of urea groups is 1. The number of nitrogens with zero attached hydrogens (tertiary/aromatic N) is 1. The summed E-state index contributed by atoms with van der Waals surface area (Å²) >= 11 is 6.09. The minimum atomic E-state index is -0.636. The van der Waals surface area contributed by atoms with Crippen LogP contribution in [-0.4, -0.2) is 23.2 Å². The van der Waals surface area contributed by atoms with Crippen LogP contribution in [-0.2, 0) is 6.42 Å². The highest BCUT2D eigenvalue weighted by atomic mass is 35.5. The fraction of sp³-hybridized carbons (Fsp3) is 0.316. The van der Waals surface area contributed by atoms with E-state index in [4.69, 9.17) is 16.3 Å². The maximum absolute atomic E-state index is 12.6. The lowest BCUT2D eigenvalue weighted by atomic mass is 9.90. The van der Waals surface area contributed by atoms with E-state index in [-0.39, 0.29) is 12.1 Å². The quantitative estimate of drug-likeness (QED) is 0.910. The van der Waals surface area contributed by atoms with Gasteiger partial charge in [-0.05, 0) is 37.1 Å². The van der Waals surface area contributed by atoms with E-state index in [1.54, 1.807) is 4.90 Å². The van der Waals surface area contributed by atoms with E-state index >= 15 is 0 Å². The lowest BCUT2D eigenvalue weighted by Gasteiger charge is -2.50. The molecule has 5 heteroatoms. The van der Waals surface area contributed by atoms with Crippen LogP contribution in [0.5, 0.6) is 5.75 Å². The van der Waals surface area contributed by atoms with Gasteiger partial charge in [0.25, 0.3) is 0 Å². The van der Waals surface area contributed by atoms with E-state index in [1.807, 2.05) is 43.3 Å². The van der Waals surface area contributed by atoms with E-state index < -0.39 is 5.72 Å². The maximum atomic E-state index is 12.6. The number of carbonyl (C=O) groups is 1. The Balaban J connectivity index is 1.59. The lowest BCUT2D eigenvalue weighted by Crippen LogP contribution is -2.65. The first-order valence-electron chi connectivity index (χ1n) is 8.16. The average Bonchev–Trinajstić information content (AvgIpc) is 2.56. The fourth-order valence-electron chi connectivity index (χ4n) is 3.61. The summed E-state index contributed by atoms with van der Waals surface area (Å²) in [6.45, 7) is 2.60. The summed E-state index contributed by atoms with van der Waals surface area (Å²) in [6.07, 6.45) is 1.51. The molecule has 2 aliphatic heterocycles. The molecule has 2 aromatic rings. The first-order valence-corrected chi connectivity index (χ1v) is 8.53. The first-order chi connectivity index (χ1) is 11.5. The van der Waals surface area contributed by atoms with Crippen LogP contribution >= 0.6 is 11.6 Å². The van der Waals surface area contributed by atoms with E-state index in [2.05, 4.69) is 17.4 Å². The third-order valence-electron chi connectivity index (χ3n) is 4.84. The van der Waals surface area contributed by atoms with Gasteiger partial charge in [-0.25, -0.2) is 4.79 Å². The van der Waals surface area contributed by atoms with E-state index in [0.717, 1.165) is 17.7 Å². The van der Waals surface area contributed by atoms with Crippen LogP contribution < -0.4 is 10.1 Å². The molecule has 2 aromatic carbocycles. The lowest BCUT2D eigenvalue weighted by molar-refractivity contribution is -0.0832. The summed E-state index contributed by atoms with van der Waals surface area (Å²) in [5.41, 5.74) is 1.53. The van der Waals surface area contributed by atoms with Crippen molar-refractivity contribution in [3.63, 3.8) is 0 Å². The molecular weight excluding hydrogens is 324 g/mol. The number of halogens is 1. The van der Waals surface area contributed by atoms with Gasteiger partial charge in [-0.1, -0.05) is 41.9 Å². The number of benzene rings is 2. The van der Waals surface area contributed by atoms with Crippen LogP contribution in [0.3, 0.4) is 0 Å². The highest BCUT2D eigenvalue weighted by Gasteiger charge is 2.48. The molecule has 2 aliphatic rings. The zero-order valence-electron chi connectivity index (χ0n) is 13.5. The van der Waals surface area contributed by atoms with Gasteiger partial charge in [0.1, 0.15) is 5.75 Å². The molecule has 0 spiro atoms. The smallest absolute Gasteiger partial charge is 0.320 e. The van der Waals surface area contributed by atoms with Gasteiger partial charge in [0.05, 0.1) is 6.04 Å². The molecule has 1 fully saturated rings. The van der Waals surface area contributed by atoms with Crippen molar-refractivity contribution >= 4 is 17.6 Å². The molecule has 4 rings (SSSR count). The highest BCUT2D eigenvalue weighted by Crippen LogP contribution is 2.44. The van der Waals surface area contributed by atoms with Crippen molar-refractivity contribution in [3.8, 4) is 5.75 Å². The van der Waals surface area contributed by atoms with Gasteiger partial charge in [0.15, 0.2) is 5.72 Å². The Morgan fingerprint density at radius 1 is 1.29 bits per heavy atom. The molecule has 1 N–H and O–H groups in total. The molecule has 0 unspecified atom stereocenters. The summed E-state index contributed by atoms with van der Waals surface area (Å²) in [7, 11) is 0. The first kappa shape index (κ1) is 15.3. The fourth-order valence-corrected chi connectivity index (χ4v) is 3.79. The van der Waals surface area contributed by atoms with Gasteiger partial charge in [-0.15, -0.1) is 0 Å². The largest absolute Gasteiger partial charge is 0.468 e. The Morgan fingerprint density at radius 2 is 2.08 bits per heavy atom. The number of ether oxygens (including phenoxy) is 1. The van der Waals surface area contributed by atoms with Crippen molar-refractivity contribution in [1.29, 1.82) is 0 Å². The Hall–Kier alpha value is -2.20. The van der Waals surface area contributed by atoms with E-state index in [0.29, 0.717) is 18.0 Å². The van der Waals surface area contributed by atoms with Crippen molar-refractivity contribution < 1.29 is 9.53 Å². The van der Waals surface area contributed by atoms with Crippen LogP contribution in [0, 0.1) is 0 Å². The van der Waals surface area contributed by atoms with Crippen LogP contribution in [0.25, 0.3) is 0 Å². The van der Waals surface area contributed by atoms with Crippen molar-refractivity contribution in [2.75, 3.05) is 6.54 Å². The Morgan fingerprint density at radius 3 is 2.88 bits per heavy atom. The molecule has 2 bridgehead atoms. The number of hydrogen-bond acceptors (Lipinski definition) is 2. The predicted molar refractivity (Wildman–Crippen MR) is 93.2 cm³/mol. The number of nitrogens with one attached hydrogen (secondary N) is 1. The van der Waals surface area contributed by atoms with Crippen LogP contribution in [0.1, 0.15) is 30.5 Å². The van der Waals surface area contributed by atoms with Crippen LogP contribution in [0.15, 0.2) is 48.5 Å². The number of hydrogen-bond donors (Lipinski definition) is 1. The molecule has 0 radical (unpaired) electrons. The molecule has 124 valence electrons. The number of amides is 2. The zero-order chi connectivity index (χ0) is 16.7. The third-order valence-corrected chi connectivity index (χ3v) is 5.08. The summed E-state index contributed by atoms with van der Waals surface area (Å²) in [6, 6.07) is 15.6. The molecule has 0 saturated carbocycles. The van der Waals surface area contributed by atoms with Gasteiger partial charge in [0.2, 0.25) is 0 Å². The summed E-state index contributed by atoms with van der Waals surface area (Å²) in [5, 5.41) is 3.75. The molecular formula is C19H19ClN2O2. The second kappa shape index (κ2) is 5.71. The SMILES string of the molecule is C[C@@]12C[C@@H](NC(=O)N1CCc1ccccc1)c1cc(Cl)ccc1O2. The molecule has 24 heavy (non-hydrogen) atoms. The number of fused-ring (bicyclic) bond motifs is 4. The second-order valence-electron chi connectivity index (χ2n) is 6.55. The van der Waals surface area contributed by atoms with Crippen LogP contribution in [0.2, 0.25) is 5.02 Å². The summed E-state index contributed by atoms with van der Waals surface area (Å²) in [4.78, 5) is 14.4. The minimum absolute atomic E-state index is 0.0575. The molecule has 2 amide bonds. The molecule has 2 atom stereocenters. The van der Waals surface area contributed by atoms with Gasteiger partial charge < -0.3 is 10.1 Å². The van der Waals surface area contributed by atoms with Crippen molar-refractivity contribution in [2.24, 2.45) is 0 Å². The zero-order valence-corrected chi connectivity index (χ0v) is 14.2. The maximum Gasteiger partial charge on any atom is 0.320 e. The average molecular weight is 343 g/mol. The normalized spacial score (nSPS) is 24.8. The van der Waals surface area contributed by atoms with E-state index in [9.17, 15) is 4.79 Å². The topological polar surface area (TPSA) is 41.6 Å². The highest BCUT2D eigenvalue weighted by molar-refractivity contribution is 6.30. The predicted octanol–water partition coefficient (Wildman–Crippen LogP) is 4.15.